The largest absolute Gasteiger partial charge is 0.444 e. The van der Waals surface area contributed by atoms with Crippen molar-refractivity contribution >= 4 is 17.6 Å². The van der Waals surface area contributed by atoms with Gasteiger partial charge in [-0.1, -0.05) is 0 Å². The van der Waals surface area contributed by atoms with Crippen molar-refractivity contribution in [1.29, 1.82) is 0 Å². The molecule has 88 valence electrons. The summed E-state index contributed by atoms with van der Waals surface area (Å²) in [6.45, 7) is 7.23. The van der Waals surface area contributed by atoms with E-state index in [0.29, 0.717) is 11.5 Å². The maximum atomic E-state index is 11.4. The van der Waals surface area contributed by atoms with Gasteiger partial charge in [-0.15, -0.1) is 0 Å². The second-order valence-electron chi connectivity index (χ2n) is 4.55. The van der Waals surface area contributed by atoms with Crippen LogP contribution in [-0.4, -0.2) is 16.7 Å². The Morgan fingerprint density at radius 3 is 2.62 bits per heavy atom. The number of carbonyl (C=O) groups excluding carboxylic acids is 1. The fourth-order valence-electron chi connectivity index (χ4n) is 1.02. The average Bonchev–Trinajstić information content (AvgIpc) is 2.08. The van der Waals surface area contributed by atoms with E-state index in [4.69, 9.17) is 10.5 Å². The van der Waals surface area contributed by atoms with Crippen molar-refractivity contribution in [2.45, 2.75) is 33.3 Å². The minimum atomic E-state index is -0.539. The first-order valence-electron chi connectivity index (χ1n) is 5.00. The summed E-state index contributed by atoms with van der Waals surface area (Å²) >= 11 is 0. The van der Waals surface area contributed by atoms with Crippen molar-refractivity contribution in [1.82, 2.24) is 4.98 Å². The number of rotatable bonds is 1. The van der Waals surface area contributed by atoms with Gasteiger partial charge in [-0.2, -0.15) is 0 Å². The second kappa shape index (κ2) is 4.38. The smallest absolute Gasteiger partial charge is 0.413 e. The summed E-state index contributed by atoms with van der Waals surface area (Å²) in [7, 11) is 0. The van der Waals surface area contributed by atoms with Crippen LogP contribution >= 0.6 is 0 Å². The van der Waals surface area contributed by atoms with Crippen LogP contribution in [0.2, 0.25) is 0 Å². The highest BCUT2D eigenvalue weighted by Gasteiger charge is 2.16. The first kappa shape index (κ1) is 12.3. The molecule has 0 aliphatic heterocycles. The zero-order valence-electron chi connectivity index (χ0n) is 10.00. The molecule has 0 aliphatic rings. The molecule has 1 heterocycles. The Labute approximate surface area is 95.0 Å². The van der Waals surface area contributed by atoms with E-state index in [2.05, 4.69) is 10.3 Å². The molecule has 0 spiro atoms. The van der Waals surface area contributed by atoms with Gasteiger partial charge in [0, 0.05) is 18.0 Å². The fraction of sp³-hybridized carbons (Fsp3) is 0.455. The summed E-state index contributed by atoms with van der Waals surface area (Å²) in [5, 5.41) is 2.51. The number of hydrogen-bond donors (Lipinski definition) is 2. The molecule has 0 saturated heterocycles. The Bertz CT molecular complexity index is 397. The number of ether oxygens (including phenoxy) is 1. The van der Waals surface area contributed by atoms with Gasteiger partial charge in [0.25, 0.3) is 0 Å². The van der Waals surface area contributed by atoms with Gasteiger partial charge in [-0.25, -0.2) is 9.78 Å². The van der Waals surface area contributed by atoms with Gasteiger partial charge in [-0.05, 0) is 33.3 Å². The van der Waals surface area contributed by atoms with E-state index in [-0.39, 0.29) is 0 Å². The number of nitrogen functional groups attached to an aromatic ring is 1. The van der Waals surface area contributed by atoms with Gasteiger partial charge in [0.2, 0.25) is 0 Å². The number of hydrogen-bond acceptors (Lipinski definition) is 4. The quantitative estimate of drug-likeness (QED) is 0.766. The average molecular weight is 223 g/mol. The molecule has 0 radical (unpaired) electrons. The van der Waals surface area contributed by atoms with Crippen molar-refractivity contribution in [3.63, 3.8) is 0 Å². The molecule has 1 rings (SSSR count). The third-order valence-electron chi connectivity index (χ3n) is 1.77. The van der Waals surface area contributed by atoms with Gasteiger partial charge >= 0.3 is 6.09 Å². The third-order valence-corrected chi connectivity index (χ3v) is 1.77. The molecule has 1 amide bonds. The molecular formula is C11H17N3O2. The van der Waals surface area contributed by atoms with E-state index < -0.39 is 11.7 Å². The highest BCUT2D eigenvalue weighted by atomic mass is 16.6. The number of nitrogens with zero attached hydrogens (tertiary/aromatic N) is 1. The van der Waals surface area contributed by atoms with E-state index >= 15 is 0 Å². The van der Waals surface area contributed by atoms with Crippen molar-refractivity contribution in [3.8, 4) is 0 Å². The van der Waals surface area contributed by atoms with Crippen LogP contribution in [0.3, 0.4) is 0 Å². The molecule has 0 bridgehead atoms. The zero-order valence-corrected chi connectivity index (χ0v) is 10.00. The normalized spacial score (nSPS) is 11.0. The number of pyridine rings is 1. The molecule has 0 aromatic carbocycles. The monoisotopic (exact) mass is 223 g/mol. The Balaban J connectivity index is 2.67. The molecule has 16 heavy (non-hydrogen) atoms. The number of nitrogens with one attached hydrogen (secondary N) is 1. The van der Waals surface area contributed by atoms with Crippen LogP contribution in [-0.2, 0) is 4.74 Å². The summed E-state index contributed by atoms with van der Waals surface area (Å²) in [5.41, 5.74) is 6.62. The van der Waals surface area contributed by atoms with Crippen molar-refractivity contribution in [2.24, 2.45) is 0 Å². The van der Waals surface area contributed by atoms with Crippen molar-refractivity contribution < 1.29 is 9.53 Å². The molecule has 1 aromatic heterocycles. The van der Waals surface area contributed by atoms with Crippen LogP contribution in [0.1, 0.15) is 26.3 Å². The van der Waals surface area contributed by atoms with E-state index in [1.165, 1.54) is 0 Å². The zero-order chi connectivity index (χ0) is 12.3. The Hall–Kier alpha value is -1.78. The minimum Gasteiger partial charge on any atom is -0.444 e. The van der Waals surface area contributed by atoms with Gasteiger partial charge in [-0.3, -0.25) is 5.32 Å². The maximum absolute atomic E-state index is 11.4. The third kappa shape index (κ3) is 3.76. The number of anilines is 2. The lowest BCUT2D eigenvalue weighted by atomic mass is 10.2. The SMILES string of the molecule is Cc1cnc(NC(=O)OC(C)(C)C)cc1N. The molecule has 1 aromatic rings. The summed E-state index contributed by atoms with van der Waals surface area (Å²) in [5.74, 6) is 0.386. The number of aryl methyl sites for hydroxylation is 1. The Morgan fingerprint density at radius 2 is 2.12 bits per heavy atom. The van der Waals surface area contributed by atoms with E-state index in [1.54, 1.807) is 33.0 Å². The van der Waals surface area contributed by atoms with Crippen molar-refractivity contribution in [3.05, 3.63) is 17.8 Å². The lowest BCUT2D eigenvalue weighted by Gasteiger charge is -2.19. The molecule has 0 fully saturated rings. The van der Waals surface area contributed by atoms with Gasteiger partial charge in [0.1, 0.15) is 11.4 Å². The molecule has 5 heteroatoms. The van der Waals surface area contributed by atoms with Crippen LogP contribution < -0.4 is 11.1 Å². The van der Waals surface area contributed by atoms with Crippen LogP contribution in [0.25, 0.3) is 0 Å². The minimum absolute atomic E-state index is 0.386. The second-order valence-corrected chi connectivity index (χ2v) is 4.55. The predicted molar refractivity (Wildman–Crippen MR) is 63.2 cm³/mol. The van der Waals surface area contributed by atoms with Gasteiger partial charge in [0.15, 0.2) is 0 Å². The molecule has 5 nitrogen and oxygen atoms in total. The molecule has 3 N–H and O–H groups in total. The summed E-state index contributed by atoms with van der Waals surface area (Å²) in [6.07, 6.45) is 1.06. The highest BCUT2D eigenvalue weighted by Crippen LogP contribution is 2.15. The predicted octanol–water partition coefficient (Wildman–Crippen LogP) is 2.32. The van der Waals surface area contributed by atoms with E-state index in [9.17, 15) is 4.79 Å². The highest BCUT2D eigenvalue weighted by molar-refractivity contribution is 5.84. The van der Waals surface area contributed by atoms with Gasteiger partial charge in [0.05, 0.1) is 0 Å². The fourth-order valence-corrected chi connectivity index (χ4v) is 1.02. The van der Waals surface area contributed by atoms with Crippen LogP contribution in [0.15, 0.2) is 12.3 Å². The van der Waals surface area contributed by atoms with Crippen LogP contribution in [0.5, 0.6) is 0 Å². The first-order valence-corrected chi connectivity index (χ1v) is 5.00. The summed E-state index contributed by atoms with van der Waals surface area (Å²) in [6, 6.07) is 1.60. The number of aromatic nitrogens is 1. The summed E-state index contributed by atoms with van der Waals surface area (Å²) in [4.78, 5) is 15.4. The lowest BCUT2D eigenvalue weighted by Crippen LogP contribution is -2.27. The molecular weight excluding hydrogens is 206 g/mol. The Kier molecular flexibility index (Phi) is 3.37. The van der Waals surface area contributed by atoms with Crippen LogP contribution in [0.4, 0.5) is 16.3 Å². The molecule has 0 aliphatic carbocycles. The van der Waals surface area contributed by atoms with E-state index in [1.807, 2.05) is 6.92 Å². The Morgan fingerprint density at radius 1 is 1.50 bits per heavy atom. The topological polar surface area (TPSA) is 77.2 Å². The van der Waals surface area contributed by atoms with Crippen molar-refractivity contribution in [2.75, 3.05) is 11.1 Å². The van der Waals surface area contributed by atoms with Crippen LogP contribution in [0, 0.1) is 6.92 Å². The molecule has 0 unspecified atom stereocenters. The summed E-state index contributed by atoms with van der Waals surface area (Å²) < 4.78 is 5.08. The maximum Gasteiger partial charge on any atom is 0.413 e. The number of amides is 1. The molecule has 0 saturated carbocycles. The lowest BCUT2D eigenvalue weighted by molar-refractivity contribution is 0.0635. The standard InChI is InChI=1S/C11H17N3O2/c1-7-6-13-9(5-8(7)12)14-10(15)16-11(2,3)4/h5-6H,1-4H3,(H3,12,13,14,15). The first-order chi connectivity index (χ1) is 7.28. The molecule has 0 atom stereocenters. The van der Waals surface area contributed by atoms with E-state index in [0.717, 1.165) is 5.56 Å². The van der Waals surface area contributed by atoms with Gasteiger partial charge < -0.3 is 10.5 Å². The number of nitrogens with two attached hydrogens (primary N) is 1. The number of carbonyl (C=O) groups is 1.